The summed E-state index contributed by atoms with van der Waals surface area (Å²) < 4.78 is 33.5. The Kier molecular flexibility index (Phi) is 5.46. The topological polar surface area (TPSA) is 59.5 Å². The van der Waals surface area contributed by atoms with E-state index in [1.165, 1.54) is 0 Å². The molecule has 2 heterocycles. The predicted molar refractivity (Wildman–Crippen MR) is 116 cm³/mol. The highest BCUT2D eigenvalue weighted by Gasteiger charge is 2.31. The van der Waals surface area contributed by atoms with Crippen molar-refractivity contribution in [3.8, 4) is 16.3 Å². The molecule has 0 radical (unpaired) electrons. The maximum absolute atomic E-state index is 13.2. The lowest BCUT2D eigenvalue weighted by atomic mass is 10.2. The van der Waals surface area contributed by atoms with E-state index in [4.69, 9.17) is 9.72 Å². The average molecular weight is 429 g/mol. The largest absolute Gasteiger partial charge is 0.494 e. The van der Waals surface area contributed by atoms with Gasteiger partial charge < -0.3 is 4.74 Å². The molecule has 0 amide bonds. The van der Waals surface area contributed by atoms with Gasteiger partial charge in [-0.2, -0.15) is 4.31 Å². The van der Waals surface area contributed by atoms with E-state index in [-0.39, 0.29) is 0 Å². The minimum absolute atomic E-state index is 0.375. The summed E-state index contributed by atoms with van der Waals surface area (Å²) in [5, 5.41) is 0.920. The fraction of sp³-hybridized carbons (Fsp3) is 0.318. The number of thiazole rings is 1. The summed E-state index contributed by atoms with van der Waals surface area (Å²) in [6, 6.07) is 13.4. The molecular formula is C22H24N2O3S2. The number of fused-ring (bicyclic) bond motifs is 1. The van der Waals surface area contributed by atoms with Gasteiger partial charge in [0.1, 0.15) is 10.8 Å². The molecule has 2 aromatic carbocycles. The summed E-state index contributed by atoms with van der Waals surface area (Å²) in [7, 11) is -3.52. The summed E-state index contributed by atoms with van der Waals surface area (Å²) in [5.74, 6) is 0.836. The Hall–Kier alpha value is -2.22. The molecule has 1 aromatic heterocycles. The number of nitrogens with zero attached hydrogens (tertiary/aromatic N) is 2. The van der Waals surface area contributed by atoms with Crippen LogP contribution in [0.25, 0.3) is 10.6 Å². The lowest BCUT2D eigenvalue weighted by Gasteiger charge is -2.26. The fourth-order valence-corrected chi connectivity index (χ4v) is 6.41. The number of ether oxygens (including phenoxy) is 1. The molecule has 3 aromatic rings. The van der Waals surface area contributed by atoms with Crippen LogP contribution in [0.3, 0.4) is 0 Å². The number of hydrogen-bond donors (Lipinski definition) is 0. The van der Waals surface area contributed by atoms with Gasteiger partial charge in [0.2, 0.25) is 10.0 Å². The van der Waals surface area contributed by atoms with Crippen LogP contribution in [0, 0.1) is 13.8 Å². The van der Waals surface area contributed by atoms with E-state index in [1.54, 1.807) is 21.7 Å². The van der Waals surface area contributed by atoms with Gasteiger partial charge in [-0.25, -0.2) is 13.4 Å². The summed E-state index contributed by atoms with van der Waals surface area (Å²) >= 11 is 1.57. The van der Waals surface area contributed by atoms with Crippen LogP contribution in [0.15, 0.2) is 47.4 Å². The number of benzene rings is 2. The Morgan fingerprint density at radius 3 is 2.59 bits per heavy atom. The van der Waals surface area contributed by atoms with Crippen LogP contribution in [0.1, 0.15) is 28.6 Å². The van der Waals surface area contributed by atoms with E-state index >= 15 is 0 Å². The summed E-state index contributed by atoms with van der Waals surface area (Å²) in [6.45, 7) is 7.24. The van der Waals surface area contributed by atoms with Crippen molar-refractivity contribution < 1.29 is 13.2 Å². The highest BCUT2D eigenvalue weighted by Crippen LogP contribution is 2.34. The van der Waals surface area contributed by atoms with Crippen molar-refractivity contribution in [1.82, 2.24) is 9.29 Å². The molecule has 0 unspecified atom stereocenters. The molecule has 7 heteroatoms. The van der Waals surface area contributed by atoms with E-state index in [1.807, 2.05) is 57.2 Å². The van der Waals surface area contributed by atoms with Crippen molar-refractivity contribution in [2.45, 2.75) is 38.6 Å². The van der Waals surface area contributed by atoms with Crippen LogP contribution in [-0.2, 0) is 23.0 Å². The van der Waals surface area contributed by atoms with Crippen molar-refractivity contribution in [1.29, 1.82) is 0 Å². The van der Waals surface area contributed by atoms with Gasteiger partial charge in [0.25, 0.3) is 0 Å². The standard InChI is InChI=1S/C22H24N2O3S2/c1-4-27-18-8-6-17(7-9-18)22-23-19-11-12-24(14-20(19)28-22)29(25,26)21-10-5-15(2)13-16(21)3/h5-10,13H,4,11-12,14H2,1-3H3. The Morgan fingerprint density at radius 2 is 1.90 bits per heavy atom. The quantitative estimate of drug-likeness (QED) is 0.597. The zero-order valence-electron chi connectivity index (χ0n) is 16.8. The van der Waals surface area contributed by atoms with Crippen LogP contribution in [0.2, 0.25) is 0 Å². The lowest BCUT2D eigenvalue weighted by Crippen LogP contribution is -2.35. The van der Waals surface area contributed by atoms with E-state index in [0.717, 1.165) is 38.0 Å². The first kappa shape index (κ1) is 20.1. The molecule has 5 nitrogen and oxygen atoms in total. The predicted octanol–water partition coefficient (Wildman–Crippen LogP) is 4.57. The van der Waals surface area contributed by atoms with Crippen molar-refractivity contribution in [2.75, 3.05) is 13.2 Å². The van der Waals surface area contributed by atoms with Crippen LogP contribution in [0.4, 0.5) is 0 Å². The maximum Gasteiger partial charge on any atom is 0.243 e. The molecule has 1 aliphatic rings. The third-order valence-corrected chi connectivity index (χ3v) is 8.19. The van der Waals surface area contributed by atoms with Crippen LogP contribution < -0.4 is 4.74 Å². The monoisotopic (exact) mass is 428 g/mol. The molecule has 29 heavy (non-hydrogen) atoms. The van der Waals surface area contributed by atoms with Gasteiger partial charge in [0.05, 0.1) is 23.7 Å². The third-order valence-electron chi connectivity index (χ3n) is 5.06. The van der Waals surface area contributed by atoms with E-state index in [0.29, 0.717) is 31.0 Å². The fourth-order valence-electron chi connectivity index (χ4n) is 3.59. The number of aromatic nitrogens is 1. The summed E-state index contributed by atoms with van der Waals surface area (Å²) in [5.41, 5.74) is 3.88. The average Bonchev–Trinajstić information content (AvgIpc) is 3.12. The second-order valence-corrected chi connectivity index (χ2v) is 10.2. The van der Waals surface area contributed by atoms with Crippen molar-refractivity contribution in [3.63, 3.8) is 0 Å². The van der Waals surface area contributed by atoms with Crippen molar-refractivity contribution in [2.24, 2.45) is 0 Å². The van der Waals surface area contributed by atoms with Gasteiger partial charge in [-0.15, -0.1) is 11.3 Å². The lowest BCUT2D eigenvalue weighted by molar-refractivity contribution is 0.340. The van der Waals surface area contributed by atoms with Gasteiger partial charge >= 0.3 is 0 Å². The van der Waals surface area contributed by atoms with Crippen LogP contribution in [0.5, 0.6) is 5.75 Å². The second-order valence-electron chi connectivity index (χ2n) is 7.20. The van der Waals surface area contributed by atoms with E-state index < -0.39 is 10.0 Å². The van der Waals surface area contributed by atoms with Gasteiger partial charge in [0.15, 0.2) is 0 Å². The molecule has 0 aliphatic carbocycles. The summed E-state index contributed by atoms with van der Waals surface area (Å²) in [4.78, 5) is 6.18. The Balaban J connectivity index is 1.59. The van der Waals surface area contributed by atoms with E-state index in [2.05, 4.69) is 0 Å². The van der Waals surface area contributed by atoms with Gasteiger partial charge in [-0.05, 0) is 56.7 Å². The zero-order chi connectivity index (χ0) is 20.6. The molecule has 4 rings (SSSR count). The van der Waals surface area contributed by atoms with Gasteiger partial charge in [-0.1, -0.05) is 17.7 Å². The smallest absolute Gasteiger partial charge is 0.243 e. The van der Waals surface area contributed by atoms with Crippen molar-refractivity contribution in [3.05, 3.63) is 64.2 Å². The second kappa shape index (κ2) is 7.89. The summed E-state index contributed by atoms with van der Waals surface area (Å²) in [6.07, 6.45) is 0.632. The van der Waals surface area contributed by atoms with Gasteiger partial charge in [-0.3, -0.25) is 0 Å². The first-order chi connectivity index (χ1) is 13.9. The SMILES string of the molecule is CCOc1ccc(-c2nc3c(s2)CN(S(=O)(=O)c2ccc(C)cc2C)CC3)cc1. The number of sulfonamides is 1. The minimum Gasteiger partial charge on any atom is -0.494 e. The third kappa shape index (κ3) is 3.95. The van der Waals surface area contributed by atoms with Gasteiger partial charge in [0, 0.05) is 23.4 Å². The van der Waals surface area contributed by atoms with E-state index in [9.17, 15) is 8.42 Å². The Morgan fingerprint density at radius 1 is 1.14 bits per heavy atom. The molecule has 0 saturated carbocycles. The molecule has 0 N–H and O–H groups in total. The molecule has 0 spiro atoms. The molecule has 0 bridgehead atoms. The number of hydrogen-bond acceptors (Lipinski definition) is 5. The normalized spacial score (nSPS) is 14.6. The molecule has 1 aliphatic heterocycles. The first-order valence-corrected chi connectivity index (χ1v) is 11.9. The van der Waals surface area contributed by atoms with Crippen LogP contribution >= 0.6 is 11.3 Å². The Labute approximate surface area is 176 Å². The van der Waals surface area contributed by atoms with Crippen LogP contribution in [-0.4, -0.2) is 30.9 Å². The molecular weight excluding hydrogens is 404 g/mol. The molecule has 0 atom stereocenters. The zero-order valence-corrected chi connectivity index (χ0v) is 18.4. The molecule has 0 saturated heterocycles. The highest BCUT2D eigenvalue weighted by molar-refractivity contribution is 7.89. The first-order valence-electron chi connectivity index (χ1n) is 9.67. The molecule has 152 valence electrons. The maximum atomic E-state index is 13.2. The Bertz CT molecular complexity index is 1140. The molecule has 0 fully saturated rings. The number of aryl methyl sites for hydroxylation is 2. The van der Waals surface area contributed by atoms with Crippen molar-refractivity contribution >= 4 is 21.4 Å². The minimum atomic E-state index is -3.52. The number of rotatable bonds is 5. The highest BCUT2D eigenvalue weighted by atomic mass is 32.2.